The van der Waals surface area contributed by atoms with E-state index in [2.05, 4.69) is 9.98 Å². The largest absolute Gasteiger partial charge is 0.353 e. The predicted octanol–water partition coefficient (Wildman–Crippen LogP) is 2.41. The topological polar surface area (TPSA) is 52.3 Å². The summed E-state index contributed by atoms with van der Waals surface area (Å²) in [5, 5.41) is 8.88. The lowest BCUT2D eigenvalue weighted by Crippen LogP contribution is -2.30. The van der Waals surface area contributed by atoms with Crippen LogP contribution < -0.4 is 0 Å². The van der Waals surface area contributed by atoms with Crippen LogP contribution in [0.5, 0.6) is 0 Å². The molecule has 0 aromatic carbocycles. The lowest BCUT2D eigenvalue weighted by Gasteiger charge is -2.21. The molecule has 17 heavy (non-hydrogen) atoms. The van der Waals surface area contributed by atoms with E-state index in [1.165, 1.54) is 0 Å². The van der Waals surface area contributed by atoms with Crippen LogP contribution in [-0.2, 0) is 6.54 Å². The Balaban J connectivity index is 2.77. The first-order valence-corrected chi connectivity index (χ1v) is 5.40. The number of alkyl halides is 1. The standard InChI is InChI=1S/C11H12ClFN4/c1-9(16-8-14)17(5-4-13)7-10-2-3-11(12)15-6-10/h2-3,6H,4-5,7H2,1H3/b16-9+. The van der Waals surface area contributed by atoms with Crippen LogP contribution in [0.2, 0.25) is 5.15 Å². The summed E-state index contributed by atoms with van der Waals surface area (Å²) >= 11 is 5.67. The van der Waals surface area contributed by atoms with Crippen LogP contribution in [-0.4, -0.2) is 28.9 Å². The molecule has 90 valence electrons. The molecule has 0 saturated heterocycles. The van der Waals surface area contributed by atoms with Gasteiger partial charge in [0, 0.05) is 19.3 Å². The van der Waals surface area contributed by atoms with Crippen molar-refractivity contribution in [1.29, 1.82) is 5.26 Å². The maximum atomic E-state index is 12.4. The number of nitrogens with zero attached hydrogens (tertiary/aromatic N) is 4. The summed E-state index contributed by atoms with van der Waals surface area (Å²) in [5.74, 6) is 0.486. The van der Waals surface area contributed by atoms with Gasteiger partial charge < -0.3 is 4.90 Å². The van der Waals surface area contributed by atoms with E-state index in [1.54, 1.807) is 36.3 Å². The first-order chi connectivity index (χ1) is 8.17. The second-order valence-corrected chi connectivity index (χ2v) is 3.75. The highest BCUT2D eigenvalue weighted by atomic mass is 35.5. The summed E-state index contributed by atoms with van der Waals surface area (Å²) in [6, 6.07) is 3.47. The van der Waals surface area contributed by atoms with E-state index in [0.717, 1.165) is 5.56 Å². The molecular weight excluding hydrogens is 243 g/mol. The Morgan fingerprint density at radius 1 is 1.65 bits per heavy atom. The molecule has 0 aliphatic carbocycles. The number of nitriles is 1. The normalized spacial score (nSPS) is 11.1. The fraction of sp³-hybridized carbons (Fsp3) is 0.364. The fourth-order valence-electron chi connectivity index (χ4n) is 1.32. The second-order valence-electron chi connectivity index (χ2n) is 3.36. The van der Waals surface area contributed by atoms with Crippen molar-refractivity contribution in [2.24, 2.45) is 4.99 Å². The summed E-state index contributed by atoms with van der Waals surface area (Å²) in [4.78, 5) is 9.20. The predicted molar refractivity (Wildman–Crippen MR) is 64.4 cm³/mol. The lowest BCUT2D eigenvalue weighted by atomic mass is 10.2. The van der Waals surface area contributed by atoms with E-state index in [1.807, 2.05) is 0 Å². The minimum Gasteiger partial charge on any atom is -0.353 e. The van der Waals surface area contributed by atoms with E-state index in [-0.39, 0.29) is 6.54 Å². The number of hydrogen-bond acceptors (Lipinski definition) is 3. The average molecular weight is 255 g/mol. The molecule has 0 spiro atoms. The molecule has 0 amide bonds. The highest BCUT2D eigenvalue weighted by Gasteiger charge is 2.08. The van der Waals surface area contributed by atoms with Crippen molar-refractivity contribution in [1.82, 2.24) is 9.88 Å². The van der Waals surface area contributed by atoms with Gasteiger partial charge in [-0.1, -0.05) is 17.7 Å². The Hall–Kier alpha value is -1.67. The Labute approximate surface area is 104 Å². The first-order valence-electron chi connectivity index (χ1n) is 5.02. The number of amidine groups is 1. The van der Waals surface area contributed by atoms with Crippen molar-refractivity contribution in [3.63, 3.8) is 0 Å². The van der Waals surface area contributed by atoms with Crippen molar-refractivity contribution in [2.75, 3.05) is 13.2 Å². The zero-order valence-corrected chi connectivity index (χ0v) is 10.2. The van der Waals surface area contributed by atoms with Gasteiger partial charge in [0.05, 0.1) is 0 Å². The molecule has 0 unspecified atom stereocenters. The molecule has 4 nitrogen and oxygen atoms in total. The van der Waals surface area contributed by atoms with E-state index < -0.39 is 6.67 Å². The number of aliphatic imine (C=N–C) groups is 1. The molecule has 0 N–H and O–H groups in total. The Morgan fingerprint density at radius 2 is 2.41 bits per heavy atom. The molecule has 6 heteroatoms. The van der Waals surface area contributed by atoms with Gasteiger partial charge in [0.2, 0.25) is 6.19 Å². The molecule has 1 heterocycles. The molecular formula is C11H12ClFN4. The third kappa shape index (κ3) is 4.37. The summed E-state index contributed by atoms with van der Waals surface area (Å²) in [5.41, 5.74) is 0.885. The van der Waals surface area contributed by atoms with Gasteiger partial charge in [0.15, 0.2) is 0 Å². The van der Waals surface area contributed by atoms with Gasteiger partial charge in [-0.3, -0.25) is 0 Å². The van der Waals surface area contributed by atoms with Crippen molar-refractivity contribution >= 4 is 17.4 Å². The summed E-state index contributed by atoms with van der Waals surface area (Å²) in [7, 11) is 0. The van der Waals surface area contributed by atoms with Gasteiger partial charge in [-0.25, -0.2) is 9.37 Å². The maximum Gasteiger partial charge on any atom is 0.207 e. The van der Waals surface area contributed by atoms with Gasteiger partial charge in [0.25, 0.3) is 0 Å². The Kier molecular flexibility index (Phi) is 5.37. The molecule has 1 aromatic rings. The Morgan fingerprint density at radius 3 is 2.94 bits per heavy atom. The molecule has 0 aliphatic rings. The SMILES string of the molecule is C/C(=N\C#N)N(CCF)Cc1ccc(Cl)nc1. The van der Waals surface area contributed by atoms with Crippen LogP contribution in [0.1, 0.15) is 12.5 Å². The average Bonchev–Trinajstić information content (AvgIpc) is 2.31. The van der Waals surface area contributed by atoms with E-state index in [4.69, 9.17) is 16.9 Å². The highest BCUT2D eigenvalue weighted by molar-refractivity contribution is 6.29. The van der Waals surface area contributed by atoms with Crippen LogP contribution in [0.15, 0.2) is 23.3 Å². The number of pyridine rings is 1. The van der Waals surface area contributed by atoms with Gasteiger partial charge in [-0.2, -0.15) is 10.3 Å². The van der Waals surface area contributed by atoms with E-state index in [9.17, 15) is 4.39 Å². The quantitative estimate of drug-likeness (QED) is 0.359. The first kappa shape index (κ1) is 13.4. The molecule has 1 aromatic heterocycles. The molecule has 0 saturated carbocycles. The Bertz CT molecular complexity index is 424. The molecule has 0 bridgehead atoms. The van der Waals surface area contributed by atoms with Crippen LogP contribution >= 0.6 is 11.6 Å². The van der Waals surface area contributed by atoms with Gasteiger partial charge >= 0.3 is 0 Å². The number of hydrogen-bond donors (Lipinski definition) is 0. The number of rotatable bonds is 4. The summed E-state index contributed by atoms with van der Waals surface area (Å²) in [6.07, 6.45) is 3.31. The zero-order chi connectivity index (χ0) is 12.7. The van der Waals surface area contributed by atoms with E-state index in [0.29, 0.717) is 17.5 Å². The van der Waals surface area contributed by atoms with Gasteiger partial charge in [-0.05, 0) is 18.6 Å². The molecule has 1 rings (SSSR count). The van der Waals surface area contributed by atoms with Crippen molar-refractivity contribution in [2.45, 2.75) is 13.5 Å². The summed E-state index contributed by atoms with van der Waals surface area (Å²) < 4.78 is 12.4. The monoisotopic (exact) mass is 254 g/mol. The fourth-order valence-corrected chi connectivity index (χ4v) is 1.43. The molecule has 0 fully saturated rings. The lowest BCUT2D eigenvalue weighted by molar-refractivity contribution is 0.347. The second kappa shape index (κ2) is 6.81. The van der Waals surface area contributed by atoms with Gasteiger partial charge in [-0.15, -0.1) is 0 Å². The molecule has 0 atom stereocenters. The number of halogens is 2. The van der Waals surface area contributed by atoms with Gasteiger partial charge in [0.1, 0.15) is 17.7 Å². The minimum absolute atomic E-state index is 0.194. The smallest absolute Gasteiger partial charge is 0.207 e. The van der Waals surface area contributed by atoms with Crippen LogP contribution in [0.4, 0.5) is 4.39 Å². The minimum atomic E-state index is -0.501. The molecule has 0 aliphatic heterocycles. The third-order valence-corrected chi connectivity index (χ3v) is 2.41. The van der Waals surface area contributed by atoms with Crippen LogP contribution in [0.3, 0.4) is 0 Å². The van der Waals surface area contributed by atoms with Crippen molar-refractivity contribution in [3.05, 3.63) is 29.0 Å². The molecule has 0 radical (unpaired) electrons. The third-order valence-electron chi connectivity index (χ3n) is 2.19. The highest BCUT2D eigenvalue weighted by Crippen LogP contribution is 2.08. The maximum absolute atomic E-state index is 12.4. The van der Waals surface area contributed by atoms with Crippen molar-refractivity contribution < 1.29 is 4.39 Å². The van der Waals surface area contributed by atoms with Crippen LogP contribution in [0.25, 0.3) is 0 Å². The van der Waals surface area contributed by atoms with E-state index >= 15 is 0 Å². The van der Waals surface area contributed by atoms with Crippen molar-refractivity contribution in [3.8, 4) is 6.19 Å². The van der Waals surface area contributed by atoms with Crippen LogP contribution in [0, 0.1) is 11.5 Å². The number of aromatic nitrogens is 1. The summed E-state index contributed by atoms with van der Waals surface area (Å²) in [6.45, 7) is 1.81. The zero-order valence-electron chi connectivity index (χ0n) is 9.40.